The van der Waals surface area contributed by atoms with Crippen LogP contribution in [0.15, 0.2) is 60.7 Å². The minimum atomic E-state index is -0.908. The first-order chi connectivity index (χ1) is 20.2. The lowest BCUT2D eigenvalue weighted by molar-refractivity contribution is -0.152. The first kappa shape index (κ1) is 31.2. The van der Waals surface area contributed by atoms with E-state index in [2.05, 4.69) is 0 Å². The fourth-order valence-corrected chi connectivity index (χ4v) is 4.74. The number of fused-ring (bicyclic) bond motifs is 2. The number of ether oxygens (including phenoxy) is 8. The Kier molecular flexibility index (Phi) is 10.8. The van der Waals surface area contributed by atoms with E-state index in [1.807, 2.05) is 32.1 Å². The van der Waals surface area contributed by atoms with Gasteiger partial charge in [-0.15, -0.1) is 0 Å². The monoisotopic (exact) mass is 582 g/mol. The molecule has 4 rings (SSSR count). The van der Waals surface area contributed by atoms with Crippen LogP contribution in [0.2, 0.25) is 0 Å². The molecular formula is C32H38O10. The van der Waals surface area contributed by atoms with E-state index in [0.29, 0.717) is 29.7 Å². The largest absolute Gasteiger partial charge is 0.467 e. The summed E-state index contributed by atoms with van der Waals surface area (Å²) < 4.78 is 45.8. The van der Waals surface area contributed by atoms with Crippen molar-refractivity contribution in [3.8, 4) is 11.5 Å². The van der Waals surface area contributed by atoms with E-state index in [-0.39, 0.29) is 24.9 Å². The summed E-state index contributed by atoms with van der Waals surface area (Å²) >= 11 is 0. The molecule has 0 bridgehead atoms. The highest BCUT2D eigenvalue weighted by atomic mass is 16.8. The normalized spacial score (nSPS) is 24.5. The number of hydrogen-bond donors (Lipinski definition) is 0. The van der Waals surface area contributed by atoms with Gasteiger partial charge < -0.3 is 37.9 Å². The van der Waals surface area contributed by atoms with E-state index in [0.717, 1.165) is 0 Å². The second kappa shape index (κ2) is 14.5. The number of carbonyl (C=O) groups is 2. The Labute approximate surface area is 246 Å². The third-order valence-electron chi connectivity index (χ3n) is 6.55. The Morgan fingerprint density at radius 1 is 0.976 bits per heavy atom. The van der Waals surface area contributed by atoms with E-state index in [4.69, 9.17) is 37.9 Å². The van der Waals surface area contributed by atoms with Gasteiger partial charge in [0.15, 0.2) is 19.4 Å². The number of hydrogen-bond acceptors (Lipinski definition) is 10. The van der Waals surface area contributed by atoms with Gasteiger partial charge in [-0.05, 0) is 57.0 Å². The lowest BCUT2D eigenvalue weighted by Crippen LogP contribution is -2.37. The number of benzene rings is 2. The van der Waals surface area contributed by atoms with Crippen molar-refractivity contribution >= 4 is 18.0 Å². The first-order valence-corrected chi connectivity index (χ1v) is 13.8. The lowest BCUT2D eigenvalue weighted by atomic mass is 10.0. The number of carbonyl (C=O) groups excluding carboxylic acids is 2. The molecule has 226 valence electrons. The number of rotatable bonds is 8. The highest BCUT2D eigenvalue weighted by molar-refractivity contribution is 5.97. The highest BCUT2D eigenvalue weighted by Gasteiger charge is 2.45. The van der Waals surface area contributed by atoms with Crippen LogP contribution in [0.3, 0.4) is 0 Å². The molecule has 0 N–H and O–H groups in total. The van der Waals surface area contributed by atoms with Crippen LogP contribution in [-0.4, -0.2) is 69.9 Å². The summed E-state index contributed by atoms with van der Waals surface area (Å²) in [5.74, 6) is -1.27. The SMILES string of the molecule is COCOc1cc2c(c(OCOC)c1)C(=O)O[C@@H](C)C/C=C\C(OC(=O)c1ccccc1)C1OC(C)(C)OC1CC=C2. The van der Waals surface area contributed by atoms with Gasteiger partial charge in [0, 0.05) is 26.7 Å². The molecule has 0 radical (unpaired) electrons. The number of esters is 2. The molecule has 0 aromatic heterocycles. The van der Waals surface area contributed by atoms with Gasteiger partial charge in [0.1, 0.15) is 35.4 Å². The summed E-state index contributed by atoms with van der Waals surface area (Å²) in [6.45, 7) is 5.35. The van der Waals surface area contributed by atoms with Crippen molar-refractivity contribution in [2.45, 2.75) is 63.8 Å². The molecule has 3 unspecified atom stereocenters. The van der Waals surface area contributed by atoms with E-state index >= 15 is 0 Å². The minimum Gasteiger partial charge on any atom is -0.467 e. The quantitative estimate of drug-likeness (QED) is 0.231. The summed E-state index contributed by atoms with van der Waals surface area (Å²) in [6, 6.07) is 12.1. The molecular weight excluding hydrogens is 544 g/mol. The zero-order valence-electron chi connectivity index (χ0n) is 24.6. The third kappa shape index (κ3) is 8.19. The smallest absolute Gasteiger partial charge is 0.342 e. The molecule has 1 fully saturated rings. The molecule has 0 aliphatic carbocycles. The average Bonchev–Trinajstić information content (AvgIpc) is 3.27. The van der Waals surface area contributed by atoms with Crippen LogP contribution in [0, 0.1) is 0 Å². The molecule has 0 saturated carbocycles. The maximum atomic E-state index is 13.4. The molecule has 2 aliphatic rings. The standard InChI is InChI=1S/C32H38O10/c1-21-11-9-15-25(40-30(33)22-12-7-6-8-13-22)29-26(41-32(2,3)42-29)16-10-14-23-17-24(37-19-35-4)18-27(38-20-36-5)28(23)31(34)39-21/h6-10,12-15,17-18,21,25-26,29H,11,16,19-20H2,1-5H3/b14-10?,15-9-/t21-,25?,26?,29?/m0/s1. The van der Waals surface area contributed by atoms with Crippen molar-refractivity contribution < 1.29 is 47.5 Å². The van der Waals surface area contributed by atoms with Gasteiger partial charge in [0.2, 0.25) is 0 Å². The van der Waals surface area contributed by atoms with Gasteiger partial charge in [-0.2, -0.15) is 0 Å². The molecule has 4 atom stereocenters. The summed E-state index contributed by atoms with van der Waals surface area (Å²) in [7, 11) is 3.00. The average molecular weight is 583 g/mol. The molecule has 2 aromatic carbocycles. The third-order valence-corrected chi connectivity index (χ3v) is 6.55. The molecule has 10 heteroatoms. The van der Waals surface area contributed by atoms with Crippen molar-refractivity contribution in [2.24, 2.45) is 0 Å². The minimum absolute atomic E-state index is 0.00708. The predicted octanol–water partition coefficient (Wildman–Crippen LogP) is 5.31. The Hall–Kier alpha value is -3.70. The Bertz CT molecular complexity index is 1270. The zero-order valence-corrected chi connectivity index (χ0v) is 24.6. The predicted molar refractivity (Wildman–Crippen MR) is 153 cm³/mol. The van der Waals surface area contributed by atoms with Crippen LogP contribution < -0.4 is 9.47 Å². The highest BCUT2D eigenvalue weighted by Crippen LogP contribution is 2.35. The van der Waals surface area contributed by atoms with Gasteiger partial charge in [-0.1, -0.05) is 36.4 Å². The van der Waals surface area contributed by atoms with E-state index in [1.165, 1.54) is 14.2 Å². The molecule has 42 heavy (non-hydrogen) atoms. The summed E-state index contributed by atoms with van der Waals surface area (Å²) in [6.07, 6.45) is 5.68. The molecule has 0 spiro atoms. The Balaban J connectivity index is 1.71. The summed E-state index contributed by atoms with van der Waals surface area (Å²) in [5.41, 5.74) is 1.18. The molecule has 2 heterocycles. The van der Waals surface area contributed by atoms with Gasteiger partial charge in [-0.3, -0.25) is 0 Å². The second-order valence-corrected chi connectivity index (χ2v) is 10.4. The van der Waals surface area contributed by atoms with Crippen LogP contribution in [0.25, 0.3) is 6.08 Å². The fourth-order valence-electron chi connectivity index (χ4n) is 4.74. The van der Waals surface area contributed by atoms with E-state index in [9.17, 15) is 9.59 Å². The van der Waals surface area contributed by atoms with Crippen molar-refractivity contribution in [3.63, 3.8) is 0 Å². The van der Waals surface area contributed by atoms with E-state index < -0.39 is 42.1 Å². The first-order valence-electron chi connectivity index (χ1n) is 13.8. The maximum Gasteiger partial charge on any atom is 0.342 e. The van der Waals surface area contributed by atoms with Crippen molar-refractivity contribution in [1.29, 1.82) is 0 Å². The van der Waals surface area contributed by atoms with Crippen molar-refractivity contribution in [3.05, 3.63) is 77.4 Å². The van der Waals surface area contributed by atoms with E-state index in [1.54, 1.807) is 55.5 Å². The molecule has 1 saturated heterocycles. The van der Waals surface area contributed by atoms with Crippen LogP contribution in [0.5, 0.6) is 11.5 Å². The lowest BCUT2D eigenvalue weighted by Gasteiger charge is -2.24. The Morgan fingerprint density at radius 2 is 1.71 bits per heavy atom. The van der Waals surface area contributed by atoms with Crippen LogP contribution in [0.4, 0.5) is 0 Å². The van der Waals surface area contributed by atoms with Crippen LogP contribution in [0.1, 0.15) is 59.9 Å². The Morgan fingerprint density at radius 3 is 2.45 bits per heavy atom. The molecule has 0 amide bonds. The number of methoxy groups -OCH3 is 2. The topological polar surface area (TPSA) is 108 Å². The zero-order chi connectivity index (χ0) is 30.1. The fraction of sp³-hybridized carbons (Fsp3) is 0.438. The second-order valence-electron chi connectivity index (χ2n) is 10.4. The maximum absolute atomic E-state index is 13.4. The van der Waals surface area contributed by atoms with Gasteiger partial charge >= 0.3 is 11.9 Å². The summed E-state index contributed by atoms with van der Waals surface area (Å²) in [4.78, 5) is 26.5. The van der Waals surface area contributed by atoms with Gasteiger partial charge in [0.25, 0.3) is 0 Å². The molecule has 2 aromatic rings. The molecule has 10 nitrogen and oxygen atoms in total. The van der Waals surface area contributed by atoms with Crippen molar-refractivity contribution in [1.82, 2.24) is 0 Å². The van der Waals surface area contributed by atoms with Gasteiger partial charge in [-0.25, -0.2) is 9.59 Å². The van der Waals surface area contributed by atoms with Crippen molar-refractivity contribution in [2.75, 3.05) is 27.8 Å². The molecule has 2 aliphatic heterocycles. The van der Waals surface area contributed by atoms with Gasteiger partial charge in [0.05, 0.1) is 11.7 Å². The van der Waals surface area contributed by atoms with Crippen LogP contribution in [-0.2, 0) is 28.4 Å². The van der Waals surface area contributed by atoms with Crippen LogP contribution >= 0.6 is 0 Å². The summed E-state index contributed by atoms with van der Waals surface area (Å²) in [5, 5.41) is 0. The number of cyclic esters (lactones) is 1.